The van der Waals surface area contributed by atoms with Gasteiger partial charge >= 0.3 is 12.2 Å². The maximum absolute atomic E-state index is 11.9. The molecule has 0 unspecified atom stereocenters. The molecule has 18 heavy (non-hydrogen) atoms. The van der Waals surface area contributed by atoms with E-state index in [1.807, 2.05) is 5.32 Å². The van der Waals surface area contributed by atoms with E-state index in [9.17, 15) is 18.0 Å². The summed E-state index contributed by atoms with van der Waals surface area (Å²) in [5.41, 5.74) is 0. The number of nitrogens with zero attached hydrogens (tertiary/aromatic N) is 1. The first-order valence-electron chi connectivity index (χ1n) is 6.24. The molecule has 4 nitrogen and oxygen atoms in total. The molecule has 7 heteroatoms. The van der Waals surface area contributed by atoms with Crippen LogP contribution in [0.4, 0.5) is 18.0 Å². The van der Waals surface area contributed by atoms with Crippen LogP contribution in [0.5, 0.6) is 0 Å². The topological polar surface area (TPSA) is 44.4 Å². The highest BCUT2D eigenvalue weighted by Crippen LogP contribution is 2.13. The highest BCUT2D eigenvalue weighted by Gasteiger charge is 2.28. The second-order valence-corrected chi connectivity index (χ2v) is 4.56. The Balaban J connectivity index is 2.18. The second kappa shape index (κ2) is 6.82. The number of carbonyl (C=O) groups excluding carboxylic acids is 1. The summed E-state index contributed by atoms with van der Waals surface area (Å²) in [6.07, 6.45) is -1.69. The zero-order chi connectivity index (χ0) is 13.6. The number of rotatable bonds is 4. The van der Waals surface area contributed by atoms with Crippen LogP contribution in [-0.4, -0.2) is 49.3 Å². The third kappa shape index (κ3) is 6.09. The molecule has 1 heterocycles. The van der Waals surface area contributed by atoms with E-state index in [2.05, 4.69) is 17.1 Å². The molecule has 0 saturated carbocycles. The van der Waals surface area contributed by atoms with Crippen molar-refractivity contribution in [1.82, 2.24) is 15.5 Å². The highest BCUT2D eigenvalue weighted by atomic mass is 19.4. The van der Waals surface area contributed by atoms with Gasteiger partial charge in [0, 0.05) is 19.1 Å². The lowest BCUT2D eigenvalue weighted by atomic mass is 10.1. The minimum Gasteiger partial charge on any atom is -0.335 e. The molecule has 0 bridgehead atoms. The van der Waals surface area contributed by atoms with Crippen LogP contribution in [0.1, 0.15) is 26.2 Å². The molecule has 0 spiro atoms. The molecule has 1 saturated heterocycles. The van der Waals surface area contributed by atoms with Crippen LogP contribution in [0.2, 0.25) is 0 Å². The van der Waals surface area contributed by atoms with Gasteiger partial charge in [0.25, 0.3) is 0 Å². The molecule has 1 fully saturated rings. The van der Waals surface area contributed by atoms with Crippen molar-refractivity contribution < 1.29 is 18.0 Å². The van der Waals surface area contributed by atoms with E-state index in [0.29, 0.717) is 0 Å². The van der Waals surface area contributed by atoms with Gasteiger partial charge in [-0.3, -0.25) is 0 Å². The number of urea groups is 1. The molecule has 2 N–H and O–H groups in total. The first kappa shape index (κ1) is 15.1. The van der Waals surface area contributed by atoms with Gasteiger partial charge in [-0.2, -0.15) is 13.2 Å². The van der Waals surface area contributed by atoms with Crippen LogP contribution in [0.25, 0.3) is 0 Å². The van der Waals surface area contributed by atoms with Gasteiger partial charge in [-0.25, -0.2) is 4.79 Å². The Hall–Kier alpha value is -0.980. The van der Waals surface area contributed by atoms with Crippen molar-refractivity contribution in [1.29, 1.82) is 0 Å². The third-order valence-electron chi connectivity index (χ3n) is 2.91. The van der Waals surface area contributed by atoms with E-state index in [4.69, 9.17) is 0 Å². The number of amides is 2. The molecule has 1 rings (SSSR count). The minimum absolute atomic E-state index is 0.0219. The molecule has 0 aromatic carbocycles. The van der Waals surface area contributed by atoms with E-state index in [-0.39, 0.29) is 6.04 Å². The van der Waals surface area contributed by atoms with E-state index in [1.54, 1.807) is 0 Å². The molecule has 0 aliphatic carbocycles. The fourth-order valence-electron chi connectivity index (χ4n) is 2.03. The zero-order valence-corrected chi connectivity index (χ0v) is 10.5. The number of carbonyl (C=O) groups is 1. The average Bonchev–Trinajstić information content (AvgIpc) is 2.29. The van der Waals surface area contributed by atoms with Crippen LogP contribution in [0.3, 0.4) is 0 Å². The molecule has 0 aromatic rings. The van der Waals surface area contributed by atoms with Crippen molar-refractivity contribution in [2.45, 2.75) is 38.4 Å². The van der Waals surface area contributed by atoms with Gasteiger partial charge in [0.05, 0.1) is 0 Å². The Morgan fingerprint density at radius 1 is 1.33 bits per heavy atom. The van der Waals surface area contributed by atoms with Crippen LogP contribution < -0.4 is 10.6 Å². The normalized spacial score (nSPS) is 18.7. The molecule has 2 amide bonds. The van der Waals surface area contributed by atoms with E-state index in [1.165, 1.54) is 0 Å². The first-order chi connectivity index (χ1) is 8.40. The maximum Gasteiger partial charge on any atom is 0.405 e. The molecular weight excluding hydrogens is 247 g/mol. The van der Waals surface area contributed by atoms with Crippen molar-refractivity contribution in [3.8, 4) is 0 Å². The molecule has 0 atom stereocenters. The molecule has 106 valence electrons. The van der Waals surface area contributed by atoms with E-state index < -0.39 is 18.8 Å². The number of piperidine rings is 1. The van der Waals surface area contributed by atoms with E-state index in [0.717, 1.165) is 38.9 Å². The summed E-state index contributed by atoms with van der Waals surface area (Å²) in [7, 11) is 0. The number of halogens is 3. The number of hydrogen-bond acceptors (Lipinski definition) is 2. The van der Waals surface area contributed by atoms with Crippen molar-refractivity contribution in [2.24, 2.45) is 0 Å². The molecular formula is C11H20F3N3O. The fourth-order valence-corrected chi connectivity index (χ4v) is 2.03. The van der Waals surface area contributed by atoms with Gasteiger partial charge in [-0.15, -0.1) is 0 Å². The van der Waals surface area contributed by atoms with Gasteiger partial charge in [-0.05, 0) is 25.8 Å². The van der Waals surface area contributed by atoms with Crippen molar-refractivity contribution in [3.63, 3.8) is 0 Å². The van der Waals surface area contributed by atoms with Crippen molar-refractivity contribution >= 4 is 6.03 Å². The Morgan fingerprint density at radius 3 is 2.44 bits per heavy atom. The number of likely N-dealkylation sites (tertiary alicyclic amines) is 1. The van der Waals surface area contributed by atoms with Crippen LogP contribution >= 0.6 is 0 Å². The van der Waals surface area contributed by atoms with Crippen LogP contribution in [0, 0.1) is 0 Å². The highest BCUT2D eigenvalue weighted by molar-refractivity contribution is 5.74. The number of alkyl halides is 3. The Bertz CT molecular complexity index is 263. The lowest BCUT2D eigenvalue weighted by Gasteiger charge is -2.32. The quantitative estimate of drug-likeness (QED) is 0.814. The largest absolute Gasteiger partial charge is 0.405 e. The smallest absolute Gasteiger partial charge is 0.335 e. The summed E-state index contributed by atoms with van der Waals surface area (Å²) in [6.45, 7) is 3.63. The van der Waals surface area contributed by atoms with Crippen LogP contribution in [0.15, 0.2) is 0 Å². The summed E-state index contributed by atoms with van der Waals surface area (Å²) in [6, 6.07) is -0.757. The average molecular weight is 267 g/mol. The predicted octanol–water partition coefficient (Wildman–Crippen LogP) is 1.72. The monoisotopic (exact) mass is 267 g/mol. The Morgan fingerprint density at radius 2 is 1.94 bits per heavy atom. The molecule has 0 aromatic heterocycles. The Labute approximate surface area is 105 Å². The van der Waals surface area contributed by atoms with Crippen LogP contribution in [-0.2, 0) is 0 Å². The second-order valence-electron chi connectivity index (χ2n) is 4.56. The van der Waals surface area contributed by atoms with Gasteiger partial charge in [0.2, 0.25) is 0 Å². The van der Waals surface area contributed by atoms with Gasteiger partial charge in [0.15, 0.2) is 0 Å². The summed E-state index contributed by atoms with van der Waals surface area (Å²) >= 11 is 0. The zero-order valence-electron chi connectivity index (χ0n) is 10.5. The summed E-state index contributed by atoms with van der Waals surface area (Å²) in [5, 5.41) is 4.40. The number of hydrogen-bond donors (Lipinski definition) is 2. The summed E-state index contributed by atoms with van der Waals surface area (Å²) < 4.78 is 35.6. The first-order valence-corrected chi connectivity index (χ1v) is 6.24. The third-order valence-corrected chi connectivity index (χ3v) is 2.91. The molecule has 1 aliphatic rings. The fraction of sp³-hybridized carbons (Fsp3) is 0.909. The Kier molecular flexibility index (Phi) is 5.71. The van der Waals surface area contributed by atoms with Gasteiger partial charge in [-0.1, -0.05) is 6.92 Å². The van der Waals surface area contributed by atoms with Gasteiger partial charge < -0.3 is 15.5 Å². The van der Waals surface area contributed by atoms with E-state index >= 15 is 0 Å². The SMILES string of the molecule is CCCN1CCC(NC(=O)NCC(F)(F)F)CC1. The maximum atomic E-state index is 11.9. The lowest BCUT2D eigenvalue weighted by Crippen LogP contribution is -2.49. The minimum atomic E-state index is -4.36. The standard InChI is InChI=1S/C11H20F3N3O/c1-2-5-17-6-3-9(4-7-17)16-10(18)15-8-11(12,13)14/h9H,2-8H2,1H3,(H2,15,16,18). The van der Waals surface area contributed by atoms with Crippen molar-refractivity contribution in [2.75, 3.05) is 26.2 Å². The predicted molar refractivity (Wildman–Crippen MR) is 62.3 cm³/mol. The number of nitrogens with one attached hydrogen (secondary N) is 2. The van der Waals surface area contributed by atoms with Crippen molar-refractivity contribution in [3.05, 3.63) is 0 Å². The molecule has 0 radical (unpaired) electrons. The molecule has 1 aliphatic heterocycles. The van der Waals surface area contributed by atoms with Gasteiger partial charge in [0.1, 0.15) is 6.54 Å². The lowest BCUT2D eigenvalue weighted by molar-refractivity contribution is -0.122. The summed E-state index contributed by atoms with van der Waals surface area (Å²) in [4.78, 5) is 13.5. The summed E-state index contributed by atoms with van der Waals surface area (Å²) in [5.74, 6) is 0.